The van der Waals surface area contributed by atoms with Gasteiger partial charge in [-0.05, 0) is 48.7 Å². The first kappa shape index (κ1) is 19.3. The molecule has 1 saturated carbocycles. The number of aromatic nitrogens is 2. The largest absolute Gasteiger partial charge is 0.497 e. The Morgan fingerprint density at radius 3 is 2.62 bits per heavy atom. The molecule has 152 valence electrons. The molecule has 1 aliphatic carbocycles. The van der Waals surface area contributed by atoms with Crippen LogP contribution in [-0.4, -0.2) is 24.4 Å². The van der Waals surface area contributed by atoms with Crippen LogP contribution in [0.3, 0.4) is 0 Å². The minimum absolute atomic E-state index is 0.386. The van der Waals surface area contributed by atoms with Crippen LogP contribution < -0.4 is 14.2 Å². The van der Waals surface area contributed by atoms with Gasteiger partial charge in [-0.25, -0.2) is 0 Å². The lowest BCUT2D eigenvalue weighted by Gasteiger charge is -2.17. The predicted octanol–water partition coefficient (Wildman–Crippen LogP) is 5.38. The van der Waals surface area contributed by atoms with Crippen molar-refractivity contribution in [3.8, 4) is 28.6 Å². The molecule has 1 aliphatic rings. The van der Waals surface area contributed by atoms with Gasteiger partial charge in [0.15, 0.2) is 11.5 Å². The molecule has 3 aromatic rings. The number of methoxy groups -OCH3 is 2. The third-order valence-electron chi connectivity index (χ3n) is 5.35. The van der Waals surface area contributed by atoms with Gasteiger partial charge in [0.2, 0.25) is 11.7 Å². The zero-order valence-electron chi connectivity index (χ0n) is 16.9. The monoisotopic (exact) mass is 394 g/mol. The third-order valence-corrected chi connectivity index (χ3v) is 5.35. The summed E-state index contributed by atoms with van der Waals surface area (Å²) in [5.41, 5.74) is 1.87. The summed E-state index contributed by atoms with van der Waals surface area (Å²) in [6.07, 6.45) is 6.01. The highest BCUT2D eigenvalue weighted by Gasteiger charge is 2.22. The van der Waals surface area contributed by atoms with Crippen LogP contribution in [0, 0.1) is 0 Å². The zero-order chi connectivity index (χ0) is 20.1. The first-order valence-corrected chi connectivity index (χ1v) is 10.0. The van der Waals surface area contributed by atoms with E-state index in [0.29, 0.717) is 29.8 Å². The van der Waals surface area contributed by atoms with Gasteiger partial charge in [-0.2, -0.15) is 4.98 Å². The molecule has 0 spiro atoms. The number of rotatable bonds is 7. The second-order valence-corrected chi connectivity index (χ2v) is 7.30. The van der Waals surface area contributed by atoms with Gasteiger partial charge in [-0.3, -0.25) is 0 Å². The van der Waals surface area contributed by atoms with Crippen LogP contribution >= 0.6 is 0 Å². The first-order chi connectivity index (χ1) is 14.3. The summed E-state index contributed by atoms with van der Waals surface area (Å²) < 4.78 is 22.3. The van der Waals surface area contributed by atoms with Gasteiger partial charge in [-0.15, -0.1) is 0 Å². The minimum Gasteiger partial charge on any atom is -0.497 e. The number of hydrogen-bond donors (Lipinski definition) is 0. The first-order valence-electron chi connectivity index (χ1n) is 10.0. The van der Waals surface area contributed by atoms with Gasteiger partial charge in [0, 0.05) is 11.5 Å². The predicted molar refractivity (Wildman–Crippen MR) is 109 cm³/mol. The Balaban J connectivity index is 1.48. The van der Waals surface area contributed by atoms with E-state index in [1.165, 1.54) is 19.3 Å². The standard InChI is InChI=1S/C23H26N2O4/c1-26-19-10-6-7-16(13-19)15-28-20-12-11-18(14-21(20)27-2)22-24-23(29-25-22)17-8-4-3-5-9-17/h6-7,10-14,17H,3-5,8-9,15H2,1-2H3. The Morgan fingerprint density at radius 2 is 1.83 bits per heavy atom. The van der Waals surface area contributed by atoms with Gasteiger partial charge in [0.1, 0.15) is 12.4 Å². The van der Waals surface area contributed by atoms with E-state index in [2.05, 4.69) is 10.1 Å². The molecule has 1 fully saturated rings. The van der Waals surface area contributed by atoms with E-state index in [9.17, 15) is 0 Å². The van der Waals surface area contributed by atoms with Gasteiger partial charge in [0.25, 0.3) is 0 Å². The van der Waals surface area contributed by atoms with Crippen molar-refractivity contribution >= 4 is 0 Å². The molecule has 6 heteroatoms. The molecule has 6 nitrogen and oxygen atoms in total. The third kappa shape index (κ3) is 4.53. The quantitative estimate of drug-likeness (QED) is 0.536. The van der Waals surface area contributed by atoms with Crippen LogP contribution in [0.4, 0.5) is 0 Å². The number of benzene rings is 2. The molecule has 1 aromatic heterocycles. The Bertz CT molecular complexity index is 948. The summed E-state index contributed by atoms with van der Waals surface area (Å²) in [5, 5.41) is 4.18. The van der Waals surface area contributed by atoms with Crippen LogP contribution in [-0.2, 0) is 6.61 Å². The molecule has 29 heavy (non-hydrogen) atoms. The fourth-order valence-electron chi connectivity index (χ4n) is 3.72. The van der Waals surface area contributed by atoms with E-state index in [1.807, 2.05) is 42.5 Å². The number of nitrogens with zero attached hydrogens (tertiary/aromatic N) is 2. The van der Waals surface area contributed by atoms with Gasteiger partial charge in [0.05, 0.1) is 14.2 Å². The average molecular weight is 394 g/mol. The summed E-state index contributed by atoms with van der Waals surface area (Å²) in [6, 6.07) is 13.5. The zero-order valence-corrected chi connectivity index (χ0v) is 16.9. The SMILES string of the molecule is COc1cccc(COc2ccc(-c3noc(C4CCCCC4)n3)cc2OC)c1. The second-order valence-electron chi connectivity index (χ2n) is 7.30. The highest BCUT2D eigenvalue weighted by molar-refractivity contribution is 5.60. The number of hydrogen-bond acceptors (Lipinski definition) is 6. The Labute approximate surface area is 170 Å². The van der Waals surface area contributed by atoms with E-state index in [0.717, 1.165) is 35.6 Å². The molecule has 0 amide bonds. The smallest absolute Gasteiger partial charge is 0.230 e. The number of ether oxygens (including phenoxy) is 3. The molecule has 0 aliphatic heterocycles. The summed E-state index contributed by atoms with van der Waals surface area (Å²) in [4.78, 5) is 4.63. The highest BCUT2D eigenvalue weighted by atomic mass is 16.5. The van der Waals surface area contributed by atoms with E-state index in [1.54, 1.807) is 14.2 Å². The van der Waals surface area contributed by atoms with Crippen LogP contribution in [0.1, 0.15) is 49.5 Å². The second kappa shape index (κ2) is 8.99. The van der Waals surface area contributed by atoms with Crippen molar-refractivity contribution in [2.24, 2.45) is 0 Å². The molecule has 0 N–H and O–H groups in total. The topological polar surface area (TPSA) is 66.6 Å². The Kier molecular flexibility index (Phi) is 5.98. The fraction of sp³-hybridized carbons (Fsp3) is 0.391. The molecule has 2 aromatic carbocycles. The van der Waals surface area contributed by atoms with Crippen molar-refractivity contribution in [1.29, 1.82) is 0 Å². The molecule has 0 atom stereocenters. The van der Waals surface area contributed by atoms with Crippen molar-refractivity contribution in [2.45, 2.75) is 44.6 Å². The molecule has 1 heterocycles. The van der Waals surface area contributed by atoms with E-state index in [4.69, 9.17) is 18.7 Å². The molecule has 4 rings (SSSR count). The average Bonchev–Trinajstić information content (AvgIpc) is 3.28. The van der Waals surface area contributed by atoms with Gasteiger partial charge in [-0.1, -0.05) is 36.6 Å². The van der Waals surface area contributed by atoms with Crippen LogP contribution in [0.15, 0.2) is 47.0 Å². The van der Waals surface area contributed by atoms with E-state index in [-0.39, 0.29) is 0 Å². The van der Waals surface area contributed by atoms with Crippen LogP contribution in [0.2, 0.25) is 0 Å². The summed E-state index contributed by atoms with van der Waals surface area (Å²) in [6.45, 7) is 0.418. The lowest BCUT2D eigenvalue weighted by atomic mass is 9.89. The van der Waals surface area contributed by atoms with Crippen molar-refractivity contribution in [3.05, 3.63) is 53.9 Å². The molecule has 0 radical (unpaired) electrons. The fourth-order valence-corrected chi connectivity index (χ4v) is 3.72. The molecule has 0 unspecified atom stereocenters. The maximum atomic E-state index is 5.96. The molecular formula is C23H26N2O4. The summed E-state index contributed by atoms with van der Waals surface area (Å²) >= 11 is 0. The lowest BCUT2D eigenvalue weighted by molar-refractivity contribution is 0.284. The van der Waals surface area contributed by atoms with Crippen molar-refractivity contribution in [2.75, 3.05) is 14.2 Å². The van der Waals surface area contributed by atoms with Crippen LogP contribution in [0.5, 0.6) is 17.2 Å². The van der Waals surface area contributed by atoms with Crippen molar-refractivity contribution < 1.29 is 18.7 Å². The van der Waals surface area contributed by atoms with Crippen molar-refractivity contribution in [3.63, 3.8) is 0 Å². The van der Waals surface area contributed by atoms with Gasteiger partial charge < -0.3 is 18.7 Å². The molecule has 0 bridgehead atoms. The Morgan fingerprint density at radius 1 is 0.966 bits per heavy atom. The summed E-state index contributed by atoms with van der Waals surface area (Å²) in [7, 11) is 3.28. The highest BCUT2D eigenvalue weighted by Crippen LogP contribution is 2.35. The normalized spacial score (nSPS) is 14.6. The lowest BCUT2D eigenvalue weighted by Crippen LogP contribution is -2.04. The maximum Gasteiger partial charge on any atom is 0.230 e. The maximum absolute atomic E-state index is 5.96. The Hall–Kier alpha value is -3.02. The van der Waals surface area contributed by atoms with Gasteiger partial charge >= 0.3 is 0 Å². The van der Waals surface area contributed by atoms with E-state index >= 15 is 0 Å². The van der Waals surface area contributed by atoms with Crippen LogP contribution in [0.25, 0.3) is 11.4 Å². The molecule has 0 saturated heterocycles. The van der Waals surface area contributed by atoms with Crippen molar-refractivity contribution in [1.82, 2.24) is 10.1 Å². The van der Waals surface area contributed by atoms with E-state index < -0.39 is 0 Å². The molecular weight excluding hydrogens is 368 g/mol. The summed E-state index contributed by atoms with van der Waals surface area (Å²) in [5.74, 6) is 3.82. The minimum atomic E-state index is 0.386.